The minimum atomic E-state index is -1.18. The van der Waals surface area contributed by atoms with Gasteiger partial charge >= 0.3 is 0 Å². The van der Waals surface area contributed by atoms with E-state index in [0.29, 0.717) is 24.2 Å². The summed E-state index contributed by atoms with van der Waals surface area (Å²) in [7, 11) is 0. The van der Waals surface area contributed by atoms with Crippen molar-refractivity contribution in [2.75, 3.05) is 18.1 Å². The van der Waals surface area contributed by atoms with Crippen LogP contribution >= 0.6 is 0 Å². The van der Waals surface area contributed by atoms with Crippen LogP contribution in [0.25, 0.3) is 5.52 Å². The van der Waals surface area contributed by atoms with Gasteiger partial charge in [0, 0.05) is 29.6 Å². The highest BCUT2D eigenvalue weighted by Gasteiger charge is 2.29. The highest BCUT2D eigenvalue weighted by molar-refractivity contribution is 6.01. The Kier molecular flexibility index (Phi) is 6.36. The van der Waals surface area contributed by atoms with Crippen molar-refractivity contribution in [2.24, 2.45) is 0 Å². The molecule has 0 spiro atoms. The maximum Gasteiger partial charge on any atom is 0.255 e. The summed E-state index contributed by atoms with van der Waals surface area (Å²) in [6.45, 7) is -0.0386. The number of amides is 1. The smallest absolute Gasteiger partial charge is 0.255 e. The molecule has 1 saturated heterocycles. The minimum absolute atomic E-state index is 0.153. The first-order valence-electron chi connectivity index (χ1n) is 11.4. The molecular formula is C26H22F4N4O2. The lowest BCUT2D eigenvalue weighted by Crippen LogP contribution is -2.31. The molecule has 2 unspecified atom stereocenters. The predicted molar refractivity (Wildman–Crippen MR) is 125 cm³/mol. The fourth-order valence-electron chi connectivity index (χ4n) is 4.73. The van der Waals surface area contributed by atoms with Gasteiger partial charge in [-0.2, -0.15) is 5.10 Å². The number of carbonyl (C=O) groups excluding carboxylic acids is 1. The van der Waals surface area contributed by atoms with E-state index in [4.69, 9.17) is 0 Å². The summed E-state index contributed by atoms with van der Waals surface area (Å²) in [5, 5.41) is 16.4. The molecule has 0 bridgehead atoms. The first-order valence-corrected chi connectivity index (χ1v) is 11.4. The van der Waals surface area contributed by atoms with E-state index in [2.05, 4.69) is 10.4 Å². The molecule has 0 saturated carbocycles. The van der Waals surface area contributed by atoms with Crippen molar-refractivity contribution in [3.63, 3.8) is 0 Å². The van der Waals surface area contributed by atoms with Crippen LogP contribution in [0, 0.1) is 23.3 Å². The highest BCUT2D eigenvalue weighted by atomic mass is 19.1. The lowest BCUT2D eigenvalue weighted by Gasteiger charge is -2.27. The molecule has 1 aliphatic rings. The molecular weight excluding hydrogens is 476 g/mol. The summed E-state index contributed by atoms with van der Waals surface area (Å²) in [4.78, 5) is 15.0. The number of fused-ring (bicyclic) bond motifs is 1. The number of nitrogens with one attached hydrogen (secondary N) is 1. The van der Waals surface area contributed by atoms with Gasteiger partial charge in [-0.05, 0) is 61.4 Å². The van der Waals surface area contributed by atoms with E-state index in [1.165, 1.54) is 16.8 Å². The quantitative estimate of drug-likeness (QED) is 0.379. The summed E-state index contributed by atoms with van der Waals surface area (Å²) in [5.41, 5.74) is 1.35. The summed E-state index contributed by atoms with van der Waals surface area (Å²) in [6.07, 6.45) is 4.39. The fraction of sp³-hybridized carbons (Fsp3) is 0.231. The van der Waals surface area contributed by atoms with E-state index in [1.807, 2.05) is 4.90 Å². The van der Waals surface area contributed by atoms with Gasteiger partial charge in [0.05, 0.1) is 36.0 Å². The molecule has 3 heterocycles. The van der Waals surface area contributed by atoms with Gasteiger partial charge in [0.1, 0.15) is 23.3 Å². The van der Waals surface area contributed by atoms with E-state index in [9.17, 15) is 27.5 Å². The maximum absolute atomic E-state index is 14.5. The lowest BCUT2D eigenvalue weighted by molar-refractivity contribution is 0.0916. The molecule has 1 aliphatic heterocycles. The van der Waals surface area contributed by atoms with Crippen LogP contribution in [0.15, 0.2) is 60.9 Å². The number of carbonyl (C=O) groups is 1. The summed E-state index contributed by atoms with van der Waals surface area (Å²) >= 11 is 0. The number of rotatable bonds is 6. The average molecular weight is 498 g/mol. The normalized spacial score (nSPS) is 16.5. The molecule has 6 nitrogen and oxygen atoms in total. The number of nitrogens with zero attached hydrogens (tertiary/aromatic N) is 3. The Hall–Kier alpha value is -3.92. The van der Waals surface area contributed by atoms with Gasteiger partial charge < -0.3 is 15.3 Å². The van der Waals surface area contributed by atoms with Crippen molar-refractivity contribution in [3.05, 3.63) is 101 Å². The van der Waals surface area contributed by atoms with Crippen molar-refractivity contribution < 1.29 is 27.5 Å². The van der Waals surface area contributed by atoms with E-state index in [0.717, 1.165) is 36.8 Å². The molecule has 5 rings (SSSR count). The van der Waals surface area contributed by atoms with Crippen molar-refractivity contribution in [1.82, 2.24) is 14.9 Å². The summed E-state index contributed by atoms with van der Waals surface area (Å²) in [5.74, 6) is -3.11. The zero-order valence-electron chi connectivity index (χ0n) is 19.0. The third-order valence-corrected chi connectivity index (χ3v) is 6.47. The third-order valence-electron chi connectivity index (χ3n) is 6.47. The van der Waals surface area contributed by atoms with Crippen molar-refractivity contribution in [3.8, 4) is 0 Å². The predicted octanol–water partition coefficient (Wildman–Crippen LogP) is 4.70. The Labute approximate surface area is 203 Å². The number of aliphatic hydroxyl groups excluding tert-OH is 1. The Morgan fingerprint density at radius 3 is 2.58 bits per heavy atom. The summed E-state index contributed by atoms with van der Waals surface area (Å²) in [6, 6.07) is 8.13. The average Bonchev–Trinajstić information content (AvgIpc) is 3.52. The number of halogens is 4. The van der Waals surface area contributed by atoms with E-state index in [1.54, 1.807) is 18.3 Å². The molecule has 10 heteroatoms. The fourth-order valence-corrected chi connectivity index (χ4v) is 4.73. The van der Waals surface area contributed by atoms with Crippen LogP contribution in [0.2, 0.25) is 0 Å². The largest absolute Gasteiger partial charge is 0.394 e. The number of pyridine rings is 1. The van der Waals surface area contributed by atoms with Crippen LogP contribution in [-0.2, 0) is 0 Å². The van der Waals surface area contributed by atoms with Gasteiger partial charge in [0.2, 0.25) is 0 Å². The molecule has 0 aliphatic carbocycles. The molecule has 1 amide bonds. The lowest BCUT2D eigenvalue weighted by atomic mass is 10.0. The van der Waals surface area contributed by atoms with Crippen LogP contribution in [0.1, 0.15) is 46.4 Å². The van der Waals surface area contributed by atoms with Crippen LogP contribution in [0.5, 0.6) is 0 Å². The van der Waals surface area contributed by atoms with Gasteiger partial charge in [0.15, 0.2) is 0 Å². The van der Waals surface area contributed by atoms with Gasteiger partial charge in [-0.15, -0.1) is 0 Å². The molecule has 2 aromatic heterocycles. The molecule has 1 fully saturated rings. The second-order valence-electron chi connectivity index (χ2n) is 8.66. The Morgan fingerprint density at radius 1 is 1.06 bits per heavy atom. The molecule has 4 aromatic rings. The number of benzene rings is 2. The zero-order chi connectivity index (χ0) is 25.4. The number of aromatic nitrogens is 2. The Bertz CT molecular complexity index is 1440. The Morgan fingerprint density at radius 2 is 1.81 bits per heavy atom. The molecule has 2 aromatic carbocycles. The number of aliphatic hydroxyl groups is 1. The minimum Gasteiger partial charge on any atom is -0.394 e. The van der Waals surface area contributed by atoms with Crippen LogP contribution in [0.4, 0.5) is 23.2 Å². The van der Waals surface area contributed by atoms with E-state index < -0.39 is 41.8 Å². The Balaban J connectivity index is 1.45. The SMILES string of the molecule is O=C(NC(CO)c1cc(F)ccc1F)c1cnn2ccc(N3CCCC3c3cc(F)ccc3F)cc12. The molecule has 2 N–H and O–H groups in total. The van der Waals surface area contributed by atoms with Gasteiger partial charge in [-0.1, -0.05) is 0 Å². The van der Waals surface area contributed by atoms with E-state index in [-0.39, 0.29) is 22.7 Å². The molecule has 2 atom stereocenters. The summed E-state index contributed by atoms with van der Waals surface area (Å²) < 4.78 is 57.7. The third kappa shape index (κ3) is 4.39. The van der Waals surface area contributed by atoms with Gasteiger partial charge in [-0.3, -0.25) is 4.79 Å². The monoisotopic (exact) mass is 498 g/mol. The topological polar surface area (TPSA) is 69.9 Å². The molecule has 0 radical (unpaired) electrons. The molecule has 186 valence electrons. The standard InChI is InChI=1S/C26H22F4N4O2/c27-15-3-5-21(29)18(10-15)23(14-35)32-26(36)20-13-31-34-9-7-17(12-25(20)34)33-8-1-2-24(33)19-11-16(28)4-6-22(19)30/h3-7,9-13,23-24,35H,1-2,8,14H2,(H,32,36). The zero-order valence-corrected chi connectivity index (χ0v) is 19.0. The number of hydrogen-bond donors (Lipinski definition) is 2. The van der Waals surface area contributed by atoms with Crippen LogP contribution in [0.3, 0.4) is 0 Å². The second-order valence-corrected chi connectivity index (χ2v) is 8.66. The van der Waals surface area contributed by atoms with Crippen molar-refractivity contribution in [1.29, 1.82) is 0 Å². The first-order chi connectivity index (χ1) is 17.4. The number of anilines is 1. The first kappa shape index (κ1) is 23.8. The van der Waals surface area contributed by atoms with Crippen LogP contribution < -0.4 is 10.2 Å². The van der Waals surface area contributed by atoms with E-state index >= 15 is 0 Å². The molecule has 36 heavy (non-hydrogen) atoms. The second kappa shape index (κ2) is 9.62. The van der Waals surface area contributed by atoms with Crippen molar-refractivity contribution >= 4 is 17.1 Å². The van der Waals surface area contributed by atoms with Crippen LogP contribution in [-0.4, -0.2) is 33.8 Å². The number of hydrogen-bond acceptors (Lipinski definition) is 4. The van der Waals surface area contributed by atoms with Crippen molar-refractivity contribution in [2.45, 2.75) is 24.9 Å². The maximum atomic E-state index is 14.5. The highest BCUT2D eigenvalue weighted by Crippen LogP contribution is 2.38. The van der Waals surface area contributed by atoms with Gasteiger partial charge in [-0.25, -0.2) is 22.1 Å². The van der Waals surface area contributed by atoms with Gasteiger partial charge in [0.25, 0.3) is 5.91 Å².